The first-order chi connectivity index (χ1) is 13.2. The molecule has 28 heavy (non-hydrogen) atoms. The number of halogens is 1. The third-order valence-electron chi connectivity index (χ3n) is 4.59. The first-order valence-electron chi connectivity index (χ1n) is 9.09. The number of anilines is 1. The average molecular weight is 432 g/mol. The SMILES string of the molecule is CCC(C)C(=O)N(C)CC(=O)Nc1ccc(Cl)c(S(=O)(=O)N2CCOCC2)c1. The van der Waals surface area contributed by atoms with Crippen LogP contribution in [0.15, 0.2) is 23.1 Å². The first kappa shape index (κ1) is 22.6. The lowest BCUT2D eigenvalue weighted by Gasteiger charge is -2.26. The van der Waals surface area contributed by atoms with Gasteiger partial charge in [-0.1, -0.05) is 25.4 Å². The maximum atomic E-state index is 12.8. The van der Waals surface area contributed by atoms with Crippen molar-refractivity contribution in [3.63, 3.8) is 0 Å². The minimum absolute atomic E-state index is 0.0714. The van der Waals surface area contributed by atoms with Crippen molar-refractivity contribution in [2.45, 2.75) is 25.2 Å². The number of amides is 2. The van der Waals surface area contributed by atoms with E-state index in [4.69, 9.17) is 16.3 Å². The third-order valence-corrected chi connectivity index (χ3v) is 6.97. The zero-order valence-electron chi connectivity index (χ0n) is 16.3. The monoisotopic (exact) mass is 431 g/mol. The highest BCUT2D eigenvalue weighted by atomic mass is 35.5. The van der Waals surface area contributed by atoms with Gasteiger partial charge in [-0.2, -0.15) is 4.31 Å². The summed E-state index contributed by atoms with van der Waals surface area (Å²) in [5.41, 5.74) is 0.297. The molecule has 1 saturated heterocycles. The fourth-order valence-corrected chi connectivity index (χ4v) is 4.66. The molecule has 0 aromatic heterocycles. The highest BCUT2D eigenvalue weighted by Gasteiger charge is 2.28. The second-order valence-corrected chi connectivity index (χ2v) is 9.03. The lowest BCUT2D eigenvalue weighted by Crippen LogP contribution is -2.40. The van der Waals surface area contributed by atoms with E-state index in [0.29, 0.717) is 25.3 Å². The summed E-state index contributed by atoms with van der Waals surface area (Å²) in [5.74, 6) is -0.709. The number of hydrogen-bond donors (Lipinski definition) is 1. The lowest BCUT2D eigenvalue weighted by molar-refractivity contribution is -0.136. The normalized spacial score (nSPS) is 16.4. The highest BCUT2D eigenvalue weighted by molar-refractivity contribution is 7.89. The molecule has 0 saturated carbocycles. The Morgan fingerprint density at radius 1 is 1.32 bits per heavy atom. The Labute approximate surface area is 170 Å². The summed E-state index contributed by atoms with van der Waals surface area (Å²) in [5, 5.41) is 2.71. The Kier molecular flexibility index (Phi) is 7.82. The standard InChI is InChI=1S/C18H26ClN3O5S/c1-4-13(2)18(24)21(3)12-17(23)20-14-5-6-15(19)16(11-14)28(25,26)22-7-9-27-10-8-22/h5-6,11,13H,4,7-10,12H2,1-3H3,(H,20,23). The number of likely N-dealkylation sites (N-methyl/N-ethyl adjacent to an activating group) is 1. The van der Waals surface area contributed by atoms with Gasteiger partial charge >= 0.3 is 0 Å². The van der Waals surface area contributed by atoms with E-state index in [0.717, 1.165) is 0 Å². The molecule has 10 heteroatoms. The van der Waals surface area contributed by atoms with Crippen LogP contribution >= 0.6 is 11.6 Å². The Morgan fingerprint density at radius 2 is 1.96 bits per heavy atom. The molecule has 0 spiro atoms. The molecule has 0 radical (unpaired) electrons. The Morgan fingerprint density at radius 3 is 2.57 bits per heavy atom. The van der Waals surface area contributed by atoms with E-state index >= 15 is 0 Å². The quantitative estimate of drug-likeness (QED) is 0.710. The van der Waals surface area contributed by atoms with Crippen molar-refractivity contribution in [3.8, 4) is 0 Å². The molecule has 0 aliphatic carbocycles. The number of morpholine rings is 1. The van der Waals surface area contributed by atoms with Gasteiger partial charge in [0.2, 0.25) is 21.8 Å². The van der Waals surface area contributed by atoms with Crippen LogP contribution in [0.2, 0.25) is 5.02 Å². The molecule has 1 unspecified atom stereocenters. The van der Waals surface area contributed by atoms with Crippen LogP contribution in [0.5, 0.6) is 0 Å². The number of hydrogen-bond acceptors (Lipinski definition) is 5. The Balaban J connectivity index is 2.12. The number of nitrogens with zero attached hydrogens (tertiary/aromatic N) is 2. The van der Waals surface area contributed by atoms with E-state index in [1.165, 1.54) is 27.4 Å². The third kappa shape index (κ3) is 5.44. The van der Waals surface area contributed by atoms with Crippen molar-refractivity contribution in [1.82, 2.24) is 9.21 Å². The molecular weight excluding hydrogens is 406 g/mol. The molecule has 1 heterocycles. The molecule has 1 N–H and O–H groups in total. The van der Waals surface area contributed by atoms with Gasteiger partial charge in [0.05, 0.1) is 24.8 Å². The molecule has 1 aliphatic heterocycles. The van der Waals surface area contributed by atoms with Gasteiger partial charge in [0.25, 0.3) is 0 Å². The van der Waals surface area contributed by atoms with Gasteiger partial charge in [-0.25, -0.2) is 8.42 Å². The van der Waals surface area contributed by atoms with Gasteiger partial charge in [-0.3, -0.25) is 9.59 Å². The van der Waals surface area contributed by atoms with Crippen molar-refractivity contribution in [1.29, 1.82) is 0 Å². The smallest absolute Gasteiger partial charge is 0.244 e. The van der Waals surface area contributed by atoms with E-state index in [2.05, 4.69) is 5.32 Å². The number of carbonyl (C=O) groups excluding carboxylic acids is 2. The number of sulfonamides is 1. The summed E-state index contributed by atoms with van der Waals surface area (Å²) >= 11 is 6.11. The van der Waals surface area contributed by atoms with Crippen molar-refractivity contribution in [3.05, 3.63) is 23.2 Å². The second kappa shape index (κ2) is 9.69. The highest BCUT2D eigenvalue weighted by Crippen LogP contribution is 2.28. The molecule has 156 valence electrons. The van der Waals surface area contributed by atoms with Crippen molar-refractivity contribution < 1.29 is 22.7 Å². The van der Waals surface area contributed by atoms with Gasteiger partial charge in [0.15, 0.2) is 0 Å². The molecule has 1 fully saturated rings. The Bertz CT molecular complexity index is 825. The van der Waals surface area contributed by atoms with Crippen molar-refractivity contribution in [2.24, 2.45) is 5.92 Å². The molecule has 1 aliphatic rings. The predicted molar refractivity (Wildman–Crippen MR) is 107 cm³/mol. The lowest BCUT2D eigenvalue weighted by atomic mass is 10.1. The summed E-state index contributed by atoms with van der Waals surface area (Å²) < 4.78 is 32.2. The number of ether oxygens (including phenoxy) is 1. The van der Waals surface area contributed by atoms with Crippen molar-refractivity contribution in [2.75, 3.05) is 45.2 Å². The number of benzene rings is 1. The van der Waals surface area contributed by atoms with Crippen LogP contribution in [0.4, 0.5) is 5.69 Å². The van der Waals surface area contributed by atoms with E-state index in [1.807, 2.05) is 6.92 Å². The molecular formula is C18H26ClN3O5S. The van der Waals surface area contributed by atoms with Gasteiger partial charge in [-0.15, -0.1) is 0 Å². The summed E-state index contributed by atoms with van der Waals surface area (Å²) in [6, 6.07) is 4.29. The molecule has 0 bridgehead atoms. The average Bonchev–Trinajstić information content (AvgIpc) is 2.68. The van der Waals surface area contributed by atoms with Gasteiger partial charge < -0.3 is 15.0 Å². The van der Waals surface area contributed by atoms with Crippen LogP contribution < -0.4 is 5.32 Å². The van der Waals surface area contributed by atoms with Crippen LogP contribution in [0.3, 0.4) is 0 Å². The molecule has 1 aromatic carbocycles. The summed E-state index contributed by atoms with van der Waals surface area (Å²) in [7, 11) is -2.24. The summed E-state index contributed by atoms with van der Waals surface area (Å²) in [4.78, 5) is 25.7. The van der Waals surface area contributed by atoms with Crippen LogP contribution in [0.25, 0.3) is 0 Å². The van der Waals surface area contributed by atoms with Gasteiger partial charge in [0.1, 0.15) is 4.90 Å². The van der Waals surface area contributed by atoms with Crippen molar-refractivity contribution >= 4 is 39.1 Å². The molecule has 8 nitrogen and oxygen atoms in total. The zero-order chi connectivity index (χ0) is 20.9. The van der Waals surface area contributed by atoms with E-state index in [9.17, 15) is 18.0 Å². The van der Waals surface area contributed by atoms with Crippen LogP contribution in [0.1, 0.15) is 20.3 Å². The first-order valence-corrected chi connectivity index (χ1v) is 10.9. The maximum absolute atomic E-state index is 12.8. The molecule has 2 rings (SSSR count). The van der Waals surface area contributed by atoms with Crippen LogP contribution in [-0.4, -0.2) is 69.3 Å². The van der Waals surface area contributed by atoms with Gasteiger partial charge in [0, 0.05) is 31.7 Å². The largest absolute Gasteiger partial charge is 0.379 e. The number of carbonyl (C=O) groups is 2. The molecule has 2 amide bonds. The predicted octanol–water partition coefficient (Wildman–Crippen LogP) is 1.80. The topological polar surface area (TPSA) is 96.0 Å². The van der Waals surface area contributed by atoms with E-state index in [-0.39, 0.29) is 41.4 Å². The second-order valence-electron chi connectivity index (χ2n) is 6.71. The molecule has 1 aromatic rings. The minimum atomic E-state index is -3.80. The molecule has 1 atom stereocenters. The van der Waals surface area contributed by atoms with Crippen LogP contribution in [0, 0.1) is 5.92 Å². The summed E-state index contributed by atoms with van der Waals surface area (Å²) in [6.07, 6.45) is 0.685. The zero-order valence-corrected chi connectivity index (χ0v) is 17.8. The van der Waals surface area contributed by atoms with E-state index < -0.39 is 15.9 Å². The fraction of sp³-hybridized carbons (Fsp3) is 0.556. The van der Waals surface area contributed by atoms with E-state index in [1.54, 1.807) is 14.0 Å². The van der Waals surface area contributed by atoms with Gasteiger partial charge in [-0.05, 0) is 24.6 Å². The Hall–Kier alpha value is -1.68. The maximum Gasteiger partial charge on any atom is 0.244 e. The fourth-order valence-electron chi connectivity index (χ4n) is 2.75. The number of rotatable bonds is 7. The summed E-state index contributed by atoms with van der Waals surface area (Å²) in [6.45, 7) is 4.72. The van der Waals surface area contributed by atoms with Crippen LogP contribution in [-0.2, 0) is 24.3 Å². The minimum Gasteiger partial charge on any atom is -0.379 e. The number of nitrogens with one attached hydrogen (secondary N) is 1.